The van der Waals surface area contributed by atoms with Gasteiger partial charge in [0.1, 0.15) is 0 Å². The van der Waals surface area contributed by atoms with Crippen molar-refractivity contribution in [2.45, 2.75) is 31.6 Å². The van der Waals surface area contributed by atoms with Crippen LogP contribution in [0, 0.1) is 0 Å². The highest BCUT2D eigenvalue weighted by Crippen LogP contribution is 2.46. The number of hydrogen-bond donors (Lipinski definition) is 0. The summed E-state index contributed by atoms with van der Waals surface area (Å²) >= 11 is 10.9. The molecular formula is C23H24BrClN2O5S2. The summed E-state index contributed by atoms with van der Waals surface area (Å²) in [5.41, 5.74) is 1.49. The highest BCUT2D eigenvalue weighted by atomic mass is 79.9. The monoisotopic (exact) mass is 586 g/mol. The minimum atomic E-state index is -3.19. The molecule has 2 aliphatic rings. The number of benzene rings is 2. The van der Waals surface area contributed by atoms with Gasteiger partial charge >= 0.3 is 0 Å². The normalized spacial score (nSPS) is 22.1. The van der Waals surface area contributed by atoms with Crippen molar-refractivity contribution in [3.05, 3.63) is 51.5 Å². The summed E-state index contributed by atoms with van der Waals surface area (Å²) in [6, 6.07) is 10.3. The van der Waals surface area contributed by atoms with Crippen molar-refractivity contribution >= 4 is 65.9 Å². The van der Waals surface area contributed by atoms with E-state index in [0.29, 0.717) is 45.1 Å². The minimum Gasteiger partial charge on any atom is -0.490 e. The molecule has 1 amide bonds. The van der Waals surface area contributed by atoms with E-state index in [4.69, 9.17) is 21.1 Å². The first kappa shape index (κ1) is 25.3. The predicted molar refractivity (Wildman–Crippen MR) is 140 cm³/mol. The van der Waals surface area contributed by atoms with Gasteiger partial charge in [-0.05, 0) is 47.5 Å². The van der Waals surface area contributed by atoms with Crippen LogP contribution in [0.25, 0.3) is 0 Å². The topological polar surface area (TPSA) is 85.3 Å². The van der Waals surface area contributed by atoms with E-state index < -0.39 is 9.84 Å². The Bertz CT molecular complexity index is 1220. The zero-order chi connectivity index (χ0) is 24.5. The number of hydrogen-bond acceptors (Lipinski definition) is 6. The summed E-state index contributed by atoms with van der Waals surface area (Å²) in [7, 11) is -3.19. The lowest BCUT2D eigenvalue weighted by Gasteiger charge is -2.27. The average molecular weight is 588 g/mol. The van der Waals surface area contributed by atoms with Crippen LogP contribution in [0.1, 0.15) is 19.4 Å². The summed E-state index contributed by atoms with van der Waals surface area (Å²) in [6.07, 6.45) is 0.122. The Morgan fingerprint density at radius 1 is 1.15 bits per heavy atom. The van der Waals surface area contributed by atoms with Crippen LogP contribution in [0.3, 0.4) is 0 Å². The zero-order valence-electron chi connectivity index (χ0n) is 18.7. The van der Waals surface area contributed by atoms with E-state index in [1.807, 2.05) is 24.8 Å². The van der Waals surface area contributed by atoms with E-state index in [1.54, 1.807) is 30.3 Å². The standard InChI is InChI=1S/C23H24BrClN2O5S2/c1-3-31-19-10-16(24)17(11-20(19)32-4-2)27-18-12-34(29,30)13-21(18)33-23(27)26-22(28)9-14-5-7-15(25)8-6-14/h5-8,10-11,18,21H,3-4,9,12-13H2,1-2H3/t18-,21+/m1/s1. The highest BCUT2D eigenvalue weighted by molar-refractivity contribution is 9.10. The molecule has 0 N–H and O–H groups in total. The van der Waals surface area contributed by atoms with Gasteiger partial charge in [0.15, 0.2) is 26.5 Å². The maximum atomic E-state index is 12.8. The molecule has 2 aliphatic heterocycles. The smallest absolute Gasteiger partial charge is 0.252 e. The van der Waals surface area contributed by atoms with Gasteiger partial charge in [0.25, 0.3) is 5.91 Å². The third-order valence-electron chi connectivity index (χ3n) is 5.43. The van der Waals surface area contributed by atoms with E-state index in [0.717, 1.165) is 5.56 Å². The van der Waals surface area contributed by atoms with Gasteiger partial charge in [-0.15, -0.1) is 0 Å². The number of anilines is 1. The van der Waals surface area contributed by atoms with Crippen molar-refractivity contribution < 1.29 is 22.7 Å². The molecule has 2 fully saturated rings. The van der Waals surface area contributed by atoms with Crippen molar-refractivity contribution in [2.24, 2.45) is 4.99 Å². The van der Waals surface area contributed by atoms with E-state index in [1.165, 1.54) is 11.8 Å². The second kappa shape index (κ2) is 10.5. The van der Waals surface area contributed by atoms with Crippen molar-refractivity contribution in [2.75, 3.05) is 29.6 Å². The molecule has 0 saturated carbocycles. The summed E-state index contributed by atoms with van der Waals surface area (Å²) < 4.78 is 37.0. The van der Waals surface area contributed by atoms with Gasteiger partial charge < -0.3 is 14.4 Å². The molecule has 2 aromatic carbocycles. The van der Waals surface area contributed by atoms with Crippen LogP contribution < -0.4 is 14.4 Å². The number of ether oxygens (including phenoxy) is 2. The molecular weight excluding hydrogens is 564 g/mol. The summed E-state index contributed by atoms with van der Waals surface area (Å²) in [5.74, 6) is 0.864. The predicted octanol–water partition coefficient (Wildman–Crippen LogP) is 4.74. The SMILES string of the molecule is CCOc1cc(Br)c(N2C(=NC(=O)Cc3ccc(Cl)cc3)S[C@H]3CS(=O)(=O)C[C@H]32)cc1OCC. The first-order valence-electron chi connectivity index (χ1n) is 10.8. The lowest BCUT2D eigenvalue weighted by Crippen LogP contribution is -2.38. The van der Waals surface area contributed by atoms with Gasteiger partial charge in [-0.3, -0.25) is 4.79 Å². The molecule has 0 spiro atoms. The fraction of sp³-hybridized carbons (Fsp3) is 0.391. The van der Waals surface area contributed by atoms with Gasteiger partial charge in [-0.1, -0.05) is 35.5 Å². The fourth-order valence-corrected chi connectivity index (χ4v) is 8.58. The van der Waals surface area contributed by atoms with Crippen LogP contribution in [-0.4, -0.2) is 55.5 Å². The third kappa shape index (κ3) is 5.56. The van der Waals surface area contributed by atoms with Crippen LogP contribution in [0.2, 0.25) is 5.02 Å². The Balaban J connectivity index is 1.71. The largest absolute Gasteiger partial charge is 0.490 e. The Labute approximate surface area is 216 Å². The van der Waals surface area contributed by atoms with Gasteiger partial charge in [-0.25, -0.2) is 8.42 Å². The summed E-state index contributed by atoms with van der Waals surface area (Å²) in [6.45, 7) is 4.68. The number of carbonyl (C=O) groups excluding carboxylic acids is 1. The maximum Gasteiger partial charge on any atom is 0.252 e. The Kier molecular flexibility index (Phi) is 7.81. The van der Waals surface area contributed by atoms with Crippen LogP contribution in [0.15, 0.2) is 45.9 Å². The van der Waals surface area contributed by atoms with Crippen LogP contribution in [0.5, 0.6) is 11.5 Å². The lowest BCUT2D eigenvalue weighted by molar-refractivity contribution is -0.117. The second-order valence-electron chi connectivity index (χ2n) is 7.88. The molecule has 2 heterocycles. The van der Waals surface area contributed by atoms with Crippen LogP contribution >= 0.6 is 39.3 Å². The molecule has 4 rings (SSSR count). The van der Waals surface area contributed by atoms with E-state index in [-0.39, 0.29) is 35.1 Å². The lowest BCUT2D eigenvalue weighted by atomic mass is 10.1. The second-order valence-corrected chi connectivity index (χ2v) is 12.5. The van der Waals surface area contributed by atoms with Gasteiger partial charge in [0.2, 0.25) is 0 Å². The van der Waals surface area contributed by atoms with Gasteiger partial charge in [0, 0.05) is 26.9 Å². The zero-order valence-corrected chi connectivity index (χ0v) is 22.6. The van der Waals surface area contributed by atoms with Crippen LogP contribution in [0.4, 0.5) is 5.69 Å². The summed E-state index contributed by atoms with van der Waals surface area (Å²) in [4.78, 5) is 19.1. The summed E-state index contributed by atoms with van der Waals surface area (Å²) in [5, 5.41) is 0.872. The molecule has 7 nitrogen and oxygen atoms in total. The average Bonchev–Trinajstić information content (AvgIpc) is 3.22. The molecule has 0 aromatic heterocycles. The number of halogens is 2. The molecule has 2 atom stereocenters. The number of amides is 1. The maximum absolute atomic E-state index is 12.8. The molecule has 0 aliphatic carbocycles. The van der Waals surface area contributed by atoms with Gasteiger partial charge in [-0.2, -0.15) is 4.99 Å². The first-order chi connectivity index (χ1) is 16.2. The van der Waals surface area contributed by atoms with Gasteiger partial charge in [0.05, 0.1) is 42.9 Å². The number of carbonyl (C=O) groups is 1. The highest BCUT2D eigenvalue weighted by Gasteiger charge is 2.50. The molecule has 182 valence electrons. The molecule has 0 unspecified atom stereocenters. The number of fused-ring (bicyclic) bond motifs is 1. The number of nitrogens with zero attached hydrogens (tertiary/aromatic N) is 2. The quantitative estimate of drug-likeness (QED) is 0.462. The molecule has 11 heteroatoms. The Hall–Kier alpha value is -1.75. The van der Waals surface area contributed by atoms with Crippen molar-refractivity contribution in [1.29, 1.82) is 0 Å². The number of thioether (sulfide) groups is 1. The number of rotatable bonds is 7. The molecule has 0 radical (unpaired) electrons. The van der Waals surface area contributed by atoms with Crippen molar-refractivity contribution in [1.82, 2.24) is 0 Å². The van der Waals surface area contributed by atoms with Crippen molar-refractivity contribution in [3.8, 4) is 11.5 Å². The molecule has 2 saturated heterocycles. The first-order valence-corrected chi connectivity index (χ1v) is 14.7. The molecule has 34 heavy (non-hydrogen) atoms. The number of sulfone groups is 1. The number of aliphatic imine (C=N–C) groups is 1. The Morgan fingerprint density at radius 2 is 1.79 bits per heavy atom. The Morgan fingerprint density at radius 3 is 2.44 bits per heavy atom. The minimum absolute atomic E-state index is 0.00131. The molecule has 0 bridgehead atoms. The van der Waals surface area contributed by atoms with E-state index in [2.05, 4.69) is 20.9 Å². The van der Waals surface area contributed by atoms with Crippen LogP contribution in [-0.2, 0) is 21.1 Å². The fourth-order valence-electron chi connectivity index (χ4n) is 4.01. The molecule has 2 aromatic rings. The van der Waals surface area contributed by atoms with E-state index in [9.17, 15) is 13.2 Å². The van der Waals surface area contributed by atoms with E-state index >= 15 is 0 Å². The third-order valence-corrected chi connectivity index (χ3v) is 9.52. The number of amidine groups is 1. The van der Waals surface area contributed by atoms with Crippen molar-refractivity contribution in [3.63, 3.8) is 0 Å².